The first kappa shape index (κ1) is 25.3. The Labute approximate surface area is 199 Å². The van der Waals surface area contributed by atoms with Crippen LogP contribution in [0.4, 0.5) is 13.2 Å². The van der Waals surface area contributed by atoms with Gasteiger partial charge in [-0.1, -0.05) is 24.3 Å². The lowest BCUT2D eigenvalue weighted by Gasteiger charge is -2.11. The third kappa shape index (κ3) is 6.84. The Kier molecular flexibility index (Phi) is 8.00. The third-order valence-corrected chi connectivity index (χ3v) is 6.50. The molecule has 178 valence electrons. The van der Waals surface area contributed by atoms with Crippen molar-refractivity contribution in [1.82, 2.24) is 5.43 Å². The second-order valence-electron chi connectivity index (χ2n) is 6.92. The van der Waals surface area contributed by atoms with Gasteiger partial charge in [0.1, 0.15) is 4.90 Å². The maximum Gasteiger partial charge on any atom is 0.416 e. The van der Waals surface area contributed by atoms with Crippen molar-refractivity contribution in [3.63, 3.8) is 0 Å². The molecule has 0 unspecified atom stereocenters. The monoisotopic (exact) mass is 508 g/mol. The van der Waals surface area contributed by atoms with Gasteiger partial charge in [0, 0.05) is 10.5 Å². The Hall–Kier alpha value is -3.31. The molecule has 0 bridgehead atoms. The number of carbonyl (C=O) groups excluding carboxylic acids is 1. The summed E-state index contributed by atoms with van der Waals surface area (Å²) in [5.41, 5.74) is 2.43. The lowest BCUT2D eigenvalue weighted by molar-refractivity contribution is -0.137. The molecule has 1 N–H and O–H groups in total. The molecule has 0 spiro atoms. The smallest absolute Gasteiger partial charge is 0.378 e. The summed E-state index contributed by atoms with van der Waals surface area (Å²) in [4.78, 5) is 12.8. The van der Waals surface area contributed by atoms with Crippen molar-refractivity contribution in [2.75, 3.05) is 6.26 Å². The minimum absolute atomic E-state index is 0.104. The summed E-state index contributed by atoms with van der Waals surface area (Å²) in [5, 5.41) is 3.84. The molecule has 0 saturated heterocycles. The van der Waals surface area contributed by atoms with Crippen molar-refractivity contribution in [2.45, 2.75) is 22.4 Å². The van der Waals surface area contributed by atoms with Crippen molar-refractivity contribution in [3.05, 3.63) is 89.5 Å². The first-order valence-electron chi connectivity index (χ1n) is 9.74. The zero-order valence-corrected chi connectivity index (χ0v) is 19.4. The van der Waals surface area contributed by atoms with Crippen molar-refractivity contribution in [1.29, 1.82) is 0 Å². The predicted octanol–water partition coefficient (Wildman–Crippen LogP) is 4.89. The molecule has 0 radical (unpaired) electrons. The fourth-order valence-electron chi connectivity index (χ4n) is 2.78. The van der Waals surface area contributed by atoms with Crippen LogP contribution in [-0.2, 0) is 27.5 Å². The maximum atomic E-state index is 12.7. The number of para-hydroxylation sites is 1. The molecule has 34 heavy (non-hydrogen) atoms. The van der Waals surface area contributed by atoms with E-state index >= 15 is 0 Å². The number of hydrogen-bond donors (Lipinski definition) is 1. The summed E-state index contributed by atoms with van der Waals surface area (Å²) >= 11 is 1.59. The van der Waals surface area contributed by atoms with Crippen LogP contribution < -0.4 is 9.61 Å². The number of halogens is 3. The zero-order valence-electron chi connectivity index (χ0n) is 17.7. The van der Waals surface area contributed by atoms with E-state index in [4.69, 9.17) is 4.18 Å². The minimum atomic E-state index is -4.59. The lowest BCUT2D eigenvalue weighted by atomic mass is 10.1. The maximum absolute atomic E-state index is 12.7. The first-order chi connectivity index (χ1) is 16.1. The van der Waals surface area contributed by atoms with Gasteiger partial charge in [-0.2, -0.15) is 26.7 Å². The molecular weight excluding hydrogens is 489 g/mol. The molecule has 0 fully saturated rings. The number of hydrogen-bond acceptors (Lipinski definition) is 6. The molecule has 0 aliphatic carbocycles. The van der Waals surface area contributed by atoms with E-state index in [-0.39, 0.29) is 23.6 Å². The van der Waals surface area contributed by atoms with Crippen LogP contribution in [0.25, 0.3) is 0 Å². The van der Waals surface area contributed by atoms with Gasteiger partial charge in [0.15, 0.2) is 5.75 Å². The van der Waals surface area contributed by atoms with Crippen LogP contribution in [0.1, 0.15) is 16.7 Å². The Morgan fingerprint density at radius 3 is 2.29 bits per heavy atom. The Bertz CT molecular complexity index is 1270. The third-order valence-electron chi connectivity index (χ3n) is 4.51. The molecule has 0 saturated carbocycles. The number of hydrazone groups is 1. The number of carbonyl (C=O) groups is 1. The quantitative estimate of drug-likeness (QED) is 0.203. The van der Waals surface area contributed by atoms with Gasteiger partial charge in [0.05, 0.1) is 18.2 Å². The Balaban J connectivity index is 1.67. The average Bonchev–Trinajstić information content (AvgIpc) is 2.80. The SMILES string of the molecule is CSc1ccc(CC(=O)N/N=C/c2ccccc2OS(=O)(=O)c2ccc(C(F)(F)F)cc2)cc1. The largest absolute Gasteiger partial charge is 0.416 e. The van der Waals surface area contributed by atoms with E-state index in [9.17, 15) is 26.4 Å². The number of nitrogens with zero attached hydrogens (tertiary/aromatic N) is 1. The van der Waals surface area contributed by atoms with E-state index in [0.717, 1.165) is 22.6 Å². The first-order valence-corrected chi connectivity index (χ1v) is 12.4. The number of amides is 1. The van der Waals surface area contributed by atoms with E-state index in [0.29, 0.717) is 12.1 Å². The highest BCUT2D eigenvalue weighted by molar-refractivity contribution is 7.98. The molecular formula is C23H19F3N2O4S2. The van der Waals surface area contributed by atoms with Gasteiger partial charge < -0.3 is 4.18 Å². The van der Waals surface area contributed by atoms with Crippen LogP contribution in [0.2, 0.25) is 0 Å². The van der Waals surface area contributed by atoms with Gasteiger partial charge in [-0.3, -0.25) is 4.79 Å². The van der Waals surface area contributed by atoms with Gasteiger partial charge in [0.2, 0.25) is 5.91 Å². The van der Waals surface area contributed by atoms with E-state index in [1.54, 1.807) is 17.8 Å². The van der Waals surface area contributed by atoms with Crippen molar-refractivity contribution in [3.8, 4) is 5.75 Å². The van der Waals surface area contributed by atoms with Crippen LogP contribution >= 0.6 is 11.8 Å². The number of alkyl halides is 3. The molecule has 0 aliphatic heterocycles. The number of benzene rings is 3. The zero-order chi connectivity index (χ0) is 24.8. The molecule has 3 aromatic rings. The van der Waals surface area contributed by atoms with Gasteiger partial charge >= 0.3 is 16.3 Å². The van der Waals surface area contributed by atoms with E-state index in [1.165, 1.54) is 24.4 Å². The fraction of sp³-hybridized carbons (Fsp3) is 0.130. The molecule has 0 aliphatic rings. The molecule has 3 aromatic carbocycles. The van der Waals surface area contributed by atoms with Crippen LogP contribution in [-0.4, -0.2) is 26.8 Å². The summed E-state index contributed by atoms with van der Waals surface area (Å²) < 4.78 is 68.3. The highest BCUT2D eigenvalue weighted by atomic mass is 32.2. The van der Waals surface area contributed by atoms with Gasteiger partial charge in [-0.25, -0.2) is 5.43 Å². The minimum Gasteiger partial charge on any atom is -0.378 e. The topological polar surface area (TPSA) is 84.8 Å². The molecule has 11 heteroatoms. The standard InChI is InChI=1S/C23H19F3N2O4S2/c1-33-19-10-6-16(7-11-19)14-22(29)28-27-15-17-4-2-3-5-21(17)32-34(30,31)20-12-8-18(9-13-20)23(24,25)26/h2-13,15H,14H2,1H3,(H,28,29)/b27-15+. The van der Waals surface area contributed by atoms with Crippen molar-refractivity contribution < 1.29 is 30.6 Å². The summed E-state index contributed by atoms with van der Waals surface area (Å²) in [6.45, 7) is 0. The second kappa shape index (κ2) is 10.7. The van der Waals surface area contributed by atoms with E-state index in [2.05, 4.69) is 10.5 Å². The fourth-order valence-corrected chi connectivity index (χ4v) is 4.14. The van der Waals surface area contributed by atoms with Gasteiger partial charge in [-0.05, 0) is 60.4 Å². The van der Waals surface area contributed by atoms with Crippen molar-refractivity contribution in [2.24, 2.45) is 5.10 Å². The van der Waals surface area contributed by atoms with Crippen LogP contribution in [0.3, 0.4) is 0 Å². The lowest BCUT2D eigenvalue weighted by Crippen LogP contribution is -2.19. The number of rotatable bonds is 8. The predicted molar refractivity (Wildman–Crippen MR) is 123 cm³/mol. The molecule has 1 amide bonds. The number of nitrogens with one attached hydrogen (secondary N) is 1. The highest BCUT2D eigenvalue weighted by Crippen LogP contribution is 2.30. The van der Waals surface area contributed by atoms with Crippen LogP contribution in [0.15, 0.2) is 87.7 Å². The van der Waals surface area contributed by atoms with Crippen molar-refractivity contribution >= 4 is 34.0 Å². The Morgan fingerprint density at radius 2 is 1.68 bits per heavy atom. The van der Waals surface area contributed by atoms with E-state index in [1.807, 2.05) is 30.5 Å². The van der Waals surface area contributed by atoms with E-state index < -0.39 is 26.8 Å². The van der Waals surface area contributed by atoms with Crippen LogP contribution in [0, 0.1) is 0 Å². The summed E-state index contributed by atoms with van der Waals surface area (Å²) in [7, 11) is -4.40. The van der Waals surface area contributed by atoms with Gasteiger partial charge in [-0.15, -0.1) is 11.8 Å². The highest BCUT2D eigenvalue weighted by Gasteiger charge is 2.31. The molecule has 0 atom stereocenters. The summed E-state index contributed by atoms with van der Waals surface area (Å²) in [6, 6.07) is 16.4. The summed E-state index contributed by atoms with van der Waals surface area (Å²) in [5.74, 6) is -0.475. The average molecular weight is 509 g/mol. The molecule has 3 rings (SSSR count). The number of thioether (sulfide) groups is 1. The molecule has 0 heterocycles. The van der Waals surface area contributed by atoms with Crippen LogP contribution in [0.5, 0.6) is 5.75 Å². The molecule has 0 aromatic heterocycles. The summed E-state index contributed by atoms with van der Waals surface area (Å²) in [6.07, 6.45) is -1.32. The second-order valence-corrected chi connectivity index (χ2v) is 9.34. The van der Waals surface area contributed by atoms with Gasteiger partial charge in [0.25, 0.3) is 0 Å². The normalized spacial score (nSPS) is 12.0. The Morgan fingerprint density at radius 1 is 1.03 bits per heavy atom. The molecule has 6 nitrogen and oxygen atoms in total.